The van der Waals surface area contributed by atoms with Crippen molar-refractivity contribution >= 4 is 29.3 Å². The van der Waals surface area contributed by atoms with Gasteiger partial charge in [0.1, 0.15) is 0 Å². The summed E-state index contributed by atoms with van der Waals surface area (Å²) < 4.78 is 2.27. The van der Waals surface area contributed by atoms with Gasteiger partial charge in [-0.3, -0.25) is 5.10 Å². The molecular weight excluding hydrogens is 306 g/mol. The predicted molar refractivity (Wildman–Crippen MR) is 96.8 cm³/mol. The standard InChI is InChI=1S/C17H21N5S/c1-4-12(5-2)16-20-21-17(23)22(16)18-10-14-11(3)19-15-9-7-6-8-13(14)15/h6-10,12,19H,4-5H2,1-3H3,(H,21,23)/b18-10-. The van der Waals surface area contributed by atoms with Gasteiger partial charge in [-0.1, -0.05) is 32.0 Å². The van der Waals surface area contributed by atoms with Crippen LogP contribution in [0.15, 0.2) is 29.4 Å². The molecule has 0 atom stereocenters. The molecule has 0 radical (unpaired) electrons. The lowest BCUT2D eigenvalue weighted by atomic mass is 10.0. The second-order valence-electron chi connectivity index (χ2n) is 5.67. The molecule has 23 heavy (non-hydrogen) atoms. The topological polar surface area (TPSA) is 61.8 Å². The summed E-state index contributed by atoms with van der Waals surface area (Å²) in [7, 11) is 0. The molecule has 0 saturated heterocycles. The maximum atomic E-state index is 5.33. The first kappa shape index (κ1) is 15.7. The van der Waals surface area contributed by atoms with E-state index in [1.54, 1.807) is 4.68 Å². The number of hydrogen-bond acceptors (Lipinski definition) is 3. The van der Waals surface area contributed by atoms with Gasteiger partial charge in [0.15, 0.2) is 5.82 Å². The van der Waals surface area contributed by atoms with Crippen molar-refractivity contribution in [3.05, 3.63) is 46.1 Å². The van der Waals surface area contributed by atoms with Crippen molar-refractivity contribution in [2.45, 2.75) is 39.5 Å². The third-order valence-electron chi connectivity index (χ3n) is 4.27. The lowest BCUT2D eigenvalue weighted by molar-refractivity contribution is 0.571. The van der Waals surface area contributed by atoms with Crippen LogP contribution in [-0.4, -0.2) is 26.1 Å². The Kier molecular flexibility index (Phi) is 4.43. The molecule has 0 unspecified atom stereocenters. The molecule has 5 nitrogen and oxygen atoms in total. The van der Waals surface area contributed by atoms with E-state index in [2.05, 4.69) is 53.2 Å². The molecule has 3 aromatic rings. The summed E-state index contributed by atoms with van der Waals surface area (Å²) in [5.74, 6) is 1.25. The summed E-state index contributed by atoms with van der Waals surface area (Å²) >= 11 is 5.33. The first-order valence-electron chi connectivity index (χ1n) is 7.94. The van der Waals surface area contributed by atoms with E-state index in [1.807, 2.05) is 18.3 Å². The Hall–Kier alpha value is -2.21. The predicted octanol–water partition coefficient (Wildman–Crippen LogP) is 4.52. The van der Waals surface area contributed by atoms with Crippen LogP contribution in [0.2, 0.25) is 0 Å². The van der Waals surface area contributed by atoms with Gasteiger partial charge in [0.05, 0.1) is 6.21 Å². The SMILES string of the molecule is CCC(CC)c1n[nH]c(=S)n1/N=C\c1c(C)[nH]c2ccccc12. The van der Waals surface area contributed by atoms with Gasteiger partial charge in [-0.25, -0.2) is 0 Å². The summed E-state index contributed by atoms with van der Waals surface area (Å²) in [6.07, 6.45) is 3.89. The summed E-state index contributed by atoms with van der Waals surface area (Å²) in [5, 5.41) is 13.0. The third-order valence-corrected chi connectivity index (χ3v) is 4.54. The molecule has 0 fully saturated rings. The minimum Gasteiger partial charge on any atom is -0.358 e. The van der Waals surface area contributed by atoms with E-state index in [0.29, 0.717) is 10.7 Å². The zero-order chi connectivity index (χ0) is 16.4. The van der Waals surface area contributed by atoms with Gasteiger partial charge in [0, 0.05) is 28.1 Å². The number of nitrogens with zero attached hydrogens (tertiary/aromatic N) is 3. The molecule has 0 spiro atoms. The Morgan fingerprint density at radius 2 is 2.04 bits per heavy atom. The van der Waals surface area contributed by atoms with Gasteiger partial charge in [-0.05, 0) is 38.0 Å². The second-order valence-corrected chi connectivity index (χ2v) is 6.05. The van der Waals surface area contributed by atoms with E-state index in [0.717, 1.165) is 40.8 Å². The highest BCUT2D eigenvalue weighted by atomic mass is 32.1. The fraction of sp³-hybridized carbons (Fsp3) is 0.353. The van der Waals surface area contributed by atoms with Gasteiger partial charge >= 0.3 is 0 Å². The molecule has 1 aromatic carbocycles. The average Bonchev–Trinajstić information content (AvgIpc) is 3.07. The number of aryl methyl sites for hydroxylation is 1. The smallest absolute Gasteiger partial charge is 0.216 e. The first-order chi connectivity index (χ1) is 11.2. The van der Waals surface area contributed by atoms with Crippen LogP contribution < -0.4 is 0 Å². The van der Waals surface area contributed by atoms with Gasteiger partial charge in [-0.15, -0.1) is 0 Å². The van der Waals surface area contributed by atoms with Crippen molar-refractivity contribution in [2.24, 2.45) is 5.10 Å². The van der Waals surface area contributed by atoms with Gasteiger partial charge in [-0.2, -0.15) is 14.9 Å². The molecule has 2 aromatic heterocycles. The zero-order valence-electron chi connectivity index (χ0n) is 13.6. The van der Waals surface area contributed by atoms with E-state index in [9.17, 15) is 0 Å². The number of nitrogens with one attached hydrogen (secondary N) is 2. The minimum atomic E-state index is 0.351. The van der Waals surface area contributed by atoms with Crippen molar-refractivity contribution in [3.63, 3.8) is 0 Å². The van der Waals surface area contributed by atoms with E-state index in [4.69, 9.17) is 12.2 Å². The van der Waals surface area contributed by atoms with Crippen LogP contribution in [0, 0.1) is 11.7 Å². The quantitative estimate of drug-likeness (QED) is 0.535. The van der Waals surface area contributed by atoms with Crippen LogP contribution in [0.3, 0.4) is 0 Å². The Morgan fingerprint density at radius 1 is 1.30 bits per heavy atom. The zero-order valence-corrected chi connectivity index (χ0v) is 14.4. The number of para-hydroxylation sites is 1. The number of aromatic amines is 2. The van der Waals surface area contributed by atoms with E-state index in [-0.39, 0.29) is 0 Å². The number of H-pyrrole nitrogens is 2. The molecule has 3 rings (SSSR count). The molecular formula is C17H21N5S. The monoisotopic (exact) mass is 327 g/mol. The second kappa shape index (κ2) is 6.50. The molecule has 0 aliphatic carbocycles. The normalized spacial score (nSPS) is 12.0. The summed E-state index contributed by atoms with van der Waals surface area (Å²) in [6.45, 7) is 6.37. The minimum absolute atomic E-state index is 0.351. The summed E-state index contributed by atoms with van der Waals surface area (Å²) in [5.41, 5.74) is 3.29. The molecule has 2 heterocycles. The third kappa shape index (κ3) is 2.86. The molecule has 0 aliphatic heterocycles. The van der Waals surface area contributed by atoms with Crippen LogP contribution in [0.25, 0.3) is 10.9 Å². The molecule has 2 N–H and O–H groups in total. The largest absolute Gasteiger partial charge is 0.358 e. The van der Waals surface area contributed by atoms with Crippen LogP contribution in [-0.2, 0) is 0 Å². The number of hydrogen-bond donors (Lipinski definition) is 2. The Morgan fingerprint density at radius 3 is 2.78 bits per heavy atom. The Balaban J connectivity index is 2.05. The lowest BCUT2D eigenvalue weighted by Gasteiger charge is -2.10. The fourth-order valence-corrected chi connectivity index (χ4v) is 3.10. The van der Waals surface area contributed by atoms with E-state index >= 15 is 0 Å². The maximum Gasteiger partial charge on any atom is 0.216 e. The van der Waals surface area contributed by atoms with Gasteiger partial charge < -0.3 is 4.98 Å². The number of rotatable bonds is 5. The maximum absolute atomic E-state index is 5.33. The van der Waals surface area contributed by atoms with Crippen molar-refractivity contribution in [1.29, 1.82) is 0 Å². The molecule has 120 valence electrons. The van der Waals surface area contributed by atoms with E-state index in [1.165, 1.54) is 0 Å². The van der Waals surface area contributed by atoms with Crippen LogP contribution in [0.5, 0.6) is 0 Å². The molecule has 0 bridgehead atoms. The van der Waals surface area contributed by atoms with E-state index < -0.39 is 0 Å². The van der Waals surface area contributed by atoms with Crippen LogP contribution in [0.1, 0.15) is 49.7 Å². The highest BCUT2D eigenvalue weighted by molar-refractivity contribution is 7.71. The molecule has 0 amide bonds. The molecule has 6 heteroatoms. The lowest BCUT2D eigenvalue weighted by Crippen LogP contribution is -2.05. The average molecular weight is 327 g/mol. The number of fused-ring (bicyclic) bond motifs is 1. The van der Waals surface area contributed by atoms with Crippen molar-refractivity contribution in [2.75, 3.05) is 0 Å². The first-order valence-corrected chi connectivity index (χ1v) is 8.35. The van der Waals surface area contributed by atoms with Crippen molar-refractivity contribution in [1.82, 2.24) is 19.9 Å². The number of benzene rings is 1. The highest BCUT2D eigenvalue weighted by Gasteiger charge is 2.15. The van der Waals surface area contributed by atoms with Gasteiger partial charge in [0.2, 0.25) is 4.77 Å². The van der Waals surface area contributed by atoms with Crippen LogP contribution >= 0.6 is 12.2 Å². The van der Waals surface area contributed by atoms with Crippen LogP contribution in [0.4, 0.5) is 0 Å². The Bertz CT molecular complexity index is 895. The van der Waals surface area contributed by atoms with Gasteiger partial charge in [0.25, 0.3) is 0 Å². The van der Waals surface area contributed by atoms with Crippen molar-refractivity contribution in [3.8, 4) is 0 Å². The van der Waals surface area contributed by atoms with Crippen molar-refractivity contribution < 1.29 is 0 Å². The Labute approximate surface area is 140 Å². The molecule has 0 saturated carbocycles. The summed E-state index contributed by atoms with van der Waals surface area (Å²) in [4.78, 5) is 3.38. The fourth-order valence-electron chi connectivity index (χ4n) is 2.91. The number of aromatic nitrogens is 4. The summed E-state index contributed by atoms with van der Waals surface area (Å²) in [6, 6.07) is 8.22. The highest BCUT2D eigenvalue weighted by Crippen LogP contribution is 2.22. The molecule has 0 aliphatic rings.